The van der Waals surface area contributed by atoms with E-state index in [4.69, 9.17) is 4.74 Å². The summed E-state index contributed by atoms with van der Waals surface area (Å²) in [6, 6.07) is 4.70. The van der Waals surface area contributed by atoms with E-state index in [0.717, 1.165) is 5.69 Å². The van der Waals surface area contributed by atoms with Crippen molar-refractivity contribution in [1.29, 1.82) is 0 Å². The van der Waals surface area contributed by atoms with Crippen LogP contribution >= 0.6 is 0 Å². The van der Waals surface area contributed by atoms with Gasteiger partial charge in [-0.2, -0.15) is 0 Å². The van der Waals surface area contributed by atoms with Gasteiger partial charge in [0.15, 0.2) is 0 Å². The van der Waals surface area contributed by atoms with Gasteiger partial charge in [0.05, 0.1) is 35.8 Å². The van der Waals surface area contributed by atoms with E-state index in [1.54, 1.807) is 30.6 Å². The van der Waals surface area contributed by atoms with E-state index in [9.17, 15) is 9.59 Å². The number of carbonyl (C=O) groups is 2. The minimum atomic E-state index is -0.326. The van der Waals surface area contributed by atoms with Gasteiger partial charge in [0, 0.05) is 17.8 Å². The highest BCUT2D eigenvalue weighted by molar-refractivity contribution is 5.99. The Bertz CT molecular complexity index is 821. The van der Waals surface area contributed by atoms with Gasteiger partial charge in [-0.3, -0.25) is 19.6 Å². The molecule has 0 aliphatic rings. The molecule has 1 atom stereocenters. The number of rotatable bonds is 7. The SMILES string of the molecule is CCOc1ccc(NC(=O)C(C)C)cc1C(=O)NC(C)c1cncc(C)n1. The van der Waals surface area contributed by atoms with Gasteiger partial charge in [-0.25, -0.2) is 0 Å². The Kier molecular flexibility index (Phi) is 6.87. The van der Waals surface area contributed by atoms with Gasteiger partial charge >= 0.3 is 0 Å². The van der Waals surface area contributed by atoms with Gasteiger partial charge in [0.2, 0.25) is 5.91 Å². The number of anilines is 1. The van der Waals surface area contributed by atoms with E-state index in [2.05, 4.69) is 20.6 Å². The number of nitrogens with one attached hydrogen (secondary N) is 2. The number of hydrogen-bond donors (Lipinski definition) is 2. The van der Waals surface area contributed by atoms with Crippen molar-refractivity contribution in [2.45, 2.75) is 40.7 Å². The fourth-order valence-corrected chi connectivity index (χ4v) is 2.39. The van der Waals surface area contributed by atoms with Crippen LogP contribution in [0.2, 0.25) is 0 Å². The summed E-state index contributed by atoms with van der Waals surface area (Å²) in [5.74, 6) is -0.127. The quantitative estimate of drug-likeness (QED) is 0.780. The molecule has 0 fully saturated rings. The van der Waals surface area contributed by atoms with Crippen LogP contribution in [-0.4, -0.2) is 28.4 Å². The van der Waals surface area contributed by atoms with Crippen molar-refractivity contribution in [2.75, 3.05) is 11.9 Å². The molecule has 144 valence electrons. The first-order chi connectivity index (χ1) is 12.8. The molecule has 0 radical (unpaired) electrons. The molecular formula is C20H26N4O3. The molecule has 0 saturated heterocycles. The monoisotopic (exact) mass is 370 g/mol. The van der Waals surface area contributed by atoms with Crippen LogP contribution in [0.15, 0.2) is 30.6 Å². The van der Waals surface area contributed by atoms with Crippen LogP contribution in [0.25, 0.3) is 0 Å². The standard InChI is InChI=1S/C20H26N4O3/c1-6-27-18-8-7-15(24-19(25)12(2)3)9-16(18)20(26)23-14(5)17-11-21-10-13(4)22-17/h7-12,14H,6H2,1-5H3,(H,23,26)(H,24,25). The summed E-state index contributed by atoms with van der Waals surface area (Å²) in [6.45, 7) is 9.58. The van der Waals surface area contributed by atoms with Crippen molar-refractivity contribution in [2.24, 2.45) is 5.92 Å². The van der Waals surface area contributed by atoms with Crippen molar-refractivity contribution in [3.63, 3.8) is 0 Å². The van der Waals surface area contributed by atoms with E-state index >= 15 is 0 Å². The number of benzene rings is 1. The molecule has 1 aromatic heterocycles. The lowest BCUT2D eigenvalue weighted by Gasteiger charge is -2.17. The zero-order valence-electron chi connectivity index (χ0n) is 16.4. The third-order valence-electron chi connectivity index (χ3n) is 3.88. The average Bonchev–Trinajstić information content (AvgIpc) is 2.62. The first-order valence-corrected chi connectivity index (χ1v) is 8.99. The Hall–Kier alpha value is -2.96. The molecule has 0 aliphatic carbocycles. The number of aryl methyl sites for hydroxylation is 1. The summed E-state index contributed by atoms with van der Waals surface area (Å²) >= 11 is 0. The molecule has 0 saturated carbocycles. The zero-order chi connectivity index (χ0) is 20.0. The van der Waals surface area contributed by atoms with Crippen LogP contribution in [0, 0.1) is 12.8 Å². The highest BCUT2D eigenvalue weighted by Gasteiger charge is 2.18. The molecule has 2 amide bonds. The van der Waals surface area contributed by atoms with Crippen LogP contribution in [-0.2, 0) is 4.79 Å². The van der Waals surface area contributed by atoms with Gasteiger partial charge in [-0.05, 0) is 39.0 Å². The van der Waals surface area contributed by atoms with Gasteiger partial charge < -0.3 is 15.4 Å². The minimum Gasteiger partial charge on any atom is -0.493 e. The predicted molar refractivity (Wildman–Crippen MR) is 104 cm³/mol. The number of carbonyl (C=O) groups excluding carboxylic acids is 2. The summed E-state index contributed by atoms with van der Waals surface area (Å²) in [7, 11) is 0. The predicted octanol–water partition coefficient (Wildman–Crippen LogP) is 3.27. The number of nitrogens with zero attached hydrogens (tertiary/aromatic N) is 2. The molecule has 0 bridgehead atoms. The molecule has 7 nitrogen and oxygen atoms in total. The Balaban J connectivity index is 2.24. The lowest BCUT2D eigenvalue weighted by Crippen LogP contribution is -2.28. The Morgan fingerprint density at radius 2 is 1.93 bits per heavy atom. The number of hydrogen-bond acceptors (Lipinski definition) is 5. The van der Waals surface area contributed by atoms with Crippen molar-refractivity contribution in [3.8, 4) is 5.75 Å². The minimum absolute atomic E-state index is 0.117. The van der Waals surface area contributed by atoms with E-state index in [1.165, 1.54) is 0 Å². The fraction of sp³-hybridized carbons (Fsp3) is 0.400. The maximum absolute atomic E-state index is 12.8. The smallest absolute Gasteiger partial charge is 0.255 e. The maximum atomic E-state index is 12.8. The summed E-state index contributed by atoms with van der Waals surface area (Å²) < 4.78 is 5.57. The first-order valence-electron chi connectivity index (χ1n) is 8.99. The van der Waals surface area contributed by atoms with Crippen LogP contribution in [0.3, 0.4) is 0 Å². The summed E-state index contributed by atoms with van der Waals surface area (Å²) in [5, 5.41) is 5.71. The van der Waals surface area contributed by atoms with E-state index in [-0.39, 0.29) is 23.8 Å². The zero-order valence-corrected chi connectivity index (χ0v) is 16.4. The van der Waals surface area contributed by atoms with E-state index in [0.29, 0.717) is 29.3 Å². The fourth-order valence-electron chi connectivity index (χ4n) is 2.39. The molecule has 2 rings (SSSR count). The Labute approximate surface area is 159 Å². The molecular weight excluding hydrogens is 344 g/mol. The molecule has 0 spiro atoms. The normalized spacial score (nSPS) is 11.8. The topological polar surface area (TPSA) is 93.2 Å². The van der Waals surface area contributed by atoms with Crippen LogP contribution in [0.4, 0.5) is 5.69 Å². The van der Waals surface area contributed by atoms with Crippen LogP contribution in [0.5, 0.6) is 5.75 Å². The molecule has 1 aromatic carbocycles. The summed E-state index contributed by atoms with van der Waals surface area (Å²) in [4.78, 5) is 33.3. The average molecular weight is 370 g/mol. The molecule has 1 heterocycles. The van der Waals surface area contributed by atoms with Crippen molar-refractivity contribution < 1.29 is 14.3 Å². The largest absolute Gasteiger partial charge is 0.493 e. The molecule has 1 unspecified atom stereocenters. The van der Waals surface area contributed by atoms with Gasteiger partial charge in [-0.1, -0.05) is 13.8 Å². The van der Waals surface area contributed by atoms with E-state index < -0.39 is 0 Å². The molecule has 0 aliphatic heterocycles. The van der Waals surface area contributed by atoms with Crippen LogP contribution in [0.1, 0.15) is 55.5 Å². The van der Waals surface area contributed by atoms with Crippen molar-refractivity contribution in [1.82, 2.24) is 15.3 Å². The Morgan fingerprint density at radius 1 is 1.19 bits per heavy atom. The maximum Gasteiger partial charge on any atom is 0.255 e. The molecule has 27 heavy (non-hydrogen) atoms. The second-order valence-corrected chi connectivity index (χ2v) is 6.57. The van der Waals surface area contributed by atoms with Crippen molar-refractivity contribution in [3.05, 3.63) is 47.5 Å². The lowest BCUT2D eigenvalue weighted by molar-refractivity contribution is -0.118. The number of aromatic nitrogens is 2. The van der Waals surface area contributed by atoms with Gasteiger partial charge in [-0.15, -0.1) is 0 Å². The van der Waals surface area contributed by atoms with Gasteiger partial charge in [0.25, 0.3) is 5.91 Å². The molecule has 7 heteroatoms. The Morgan fingerprint density at radius 3 is 2.56 bits per heavy atom. The highest BCUT2D eigenvalue weighted by Crippen LogP contribution is 2.24. The second-order valence-electron chi connectivity index (χ2n) is 6.57. The lowest BCUT2D eigenvalue weighted by atomic mass is 10.1. The molecule has 2 N–H and O–H groups in total. The summed E-state index contributed by atoms with van der Waals surface area (Å²) in [6.07, 6.45) is 3.28. The second kappa shape index (κ2) is 9.12. The third-order valence-corrected chi connectivity index (χ3v) is 3.88. The third kappa shape index (κ3) is 5.51. The van der Waals surface area contributed by atoms with Crippen LogP contribution < -0.4 is 15.4 Å². The summed E-state index contributed by atoms with van der Waals surface area (Å²) in [5.41, 5.74) is 2.35. The number of amides is 2. The van der Waals surface area contributed by atoms with E-state index in [1.807, 2.05) is 34.6 Å². The first kappa shape index (κ1) is 20.4. The number of ether oxygens (including phenoxy) is 1. The van der Waals surface area contributed by atoms with Gasteiger partial charge in [0.1, 0.15) is 5.75 Å². The van der Waals surface area contributed by atoms with Crippen molar-refractivity contribution >= 4 is 17.5 Å². The molecule has 2 aromatic rings. The highest BCUT2D eigenvalue weighted by atomic mass is 16.5.